The molecule has 1 aliphatic heterocycles. The van der Waals surface area contributed by atoms with Gasteiger partial charge in [0.2, 0.25) is 18.1 Å². The van der Waals surface area contributed by atoms with Crippen LogP contribution in [0.5, 0.6) is 0 Å². The van der Waals surface area contributed by atoms with E-state index in [0.29, 0.717) is 11.3 Å². The lowest BCUT2D eigenvalue weighted by Crippen LogP contribution is -2.42. The number of hydrogen-bond acceptors (Lipinski definition) is 5. The van der Waals surface area contributed by atoms with E-state index >= 15 is 0 Å². The molecule has 10 heteroatoms. The minimum atomic E-state index is -4.87. The van der Waals surface area contributed by atoms with E-state index in [0.717, 1.165) is 38.0 Å². The van der Waals surface area contributed by atoms with Crippen molar-refractivity contribution < 1.29 is 27.2 Å². The molecule has 2 amide bonds. The number of carbonyl (C=O) groups excluding carboxylic acids is 2. The van der Waals surface area contributed by atoms with E-state index in [1.54, 1.807) is 66.5 Å². The summed E-state index contributed by atoms with van der Waals surface area (Å²) < 4.78 is 45.4. The highest BCUT2D eigenvalue weighted by Crippen LogP contribution is 2.35. The normalized spacial score (nSPS) is 14.6. The van der Waals surface area contributed by atoms with Crippen LogP contribution >= 0.6 is 0 Å². The molecule has 1 aliphatic rings. The van der Waals surface area contributed by atoms with Gasteiger partial charge in [0.05, 0.1) is 0 Å². The first kappa shape index (κ1) is 23.3. The molecule has 178 valence electrons. The van der Waals surface area contributed by atoms with Gasteiger partial charge in [-0.2, -0.15) is 13.2 Å². The summed E-state index contributed by atoms with van der Waals surface area (Å²) in [4.78, 5) is 31.3. The maximum absolute atomic E-state index is 13.5. The molecule has 0 bridgehead atoms. The zero-order chi connectivity index (χ0) is 24.3. The molecule has 0 spiro atoms. The van der Waals surface area contributed by atoms with Crippen LogP contribution in [0.2, 0.25) is 0 Å². The predicted octanol–water partition coefficient (Wildman–Crippen LogP) is 4.67. The summed E-state index contributed by atoms with van der Waals surface area (Å²) in [5.74, 6) is -2.73. The van der Waals surface area contributed by atoms with Crippen molar-refractivity contribution in [1.82, 2.24) is 9.88 Å². The van der Waals surface area contributed by atoms with Crippen molar-refractivity contribution in [3.8, 4) is 11.5 Å². The van der Waals surface area contributed by atoms with Crippen LogP contribution < -0.4 is 10.2 Å². The van der Waals surface area contributed by atoms with Gasteiger partial charge in [0.15, 0.2) is 5.69 Å². The Balaban J connectivity index is 1.47. The lowest BCUT2D eigenvalue weighted by atomic mass is 10.0. The second kappa shape index (κ2) is 9.58. The van der Waals surface area contributed by atoms with Crippen molar-refractivity contribution in [3.63, 3.8) is 0 Å². The molecule has 1 saturated heterocycles. The number of carbonyl (C=O) groups is 2. The quantitative estimate of drug-likeness (QED) is 0.528. The molecule has 0 aliphatic carbocycles. The van der Waals surface area contributed by atoms with Gasteiger partial charge in [-0.05, 0) is 49.2 Å². The zero-order valence-corrected chi connectivity index (χ0v) is 18.4. The number of benzene rings is 2. The molecule has 3 aromatic rings. The van der Waals surface area contributed by atoms with E-state index in [1.807, 2.05) is 0 Å². The summed E-state index contributed by atoms with van der Waals surface area (Å²) >= 11 is 0. The number of amides is 2. The molecule has 2 aromatic carbocycles. The SMILES string of the molecule is CN(C=O)C1CCN(c2ccc(NC(=O)c3nc(-c4ccccc4)oc3C(F)(F)F)cc2)CC1. The molecule has 2 heterocycles. The number of alkyl halides is 3. The number of oxazole rings is 1. The molecule has 34 heavy (non-hydrogen) atoms. The molecular weight excluding hydrogens is 449 g/mol. The summed E-state index contributed by atoms with van der Waals surface area (Å²) in [6.07, 6.45) is -2.37. The molecule has 1 aromatic heterocycles. The smallest absolute Gasteiger partial charge is 0.431 e. The standard InChI is InChI=1S/C24H23F3N4O3/c1-30(15-32)18-11-13-31(14-12-18)19-9-7-17(8-10-19)28-22(33)20-21(24(25,26)27)34-23(29-20)16-5-3-2-4-6-16/h2-10,15,18H,11-14H2,1H3,(H,28,33). The fourth-order valence-corrected chi connectivity index (χ4v) is 3.93. The second-order valence-electron chi connectivity index (χ2n) is 8.05. The topological polar surface area (TPSA) is 78.7 Å². The number of rotatable bonds is 6. The minimum absolute atomic E-state index is 0.207. The Labute approximate surface area is 194 Å². The van der Waals surface area contributed by atoms with E-state index in [1.165, 1.54) is 0 Å². The van der Waals surface area contributed by atoms with Gasteiger partial charge in [-0.15, -0.1) is 0 Å². The van der Waals surface area contributed by atoms with E-state index < -0.39 is 23.5 Å². The molecule has 0 radical (unpaired) electrons. The Morgan fingerprint density at radius 2 is 1.76 bits per heavy atom. The summed E-state index contributed by atoms with van der Waals surface area (Å²) in [5, 5.41) is 2.47. The minimum Gasteiger partial charge on any atom is -0.431 e. The first-order valence-electron chi connectivity index (χ1n) is 10.7. The predicted molar refractivity (Wildman–Crippen MR) is 120 cm³/mol. The van der Waals surface area contributed by atoms with E-state index in [2.05, 4.69) is 15.2 Å². The van der Waals surface area contributed by atoms with Gasteiger partial charge in [0.25, 0.3) is 5.91 Å². The molecular formula is C24H23F3N4O3. The molecule has 7 nitrogen and oxygen atoms in total. The molecule has 0 saturated carbocycles. The van der Waals surface area contributed by atoms with E-state index in [4.69, 9.17) is 4.42 Å². The third-order valence-electron chi connectivity index (χ3n) is 5.82. The fraction of sp³-hybridized carbons (Fsp3) is 0.292. The van der Waals surface area contributed by atoms with Gasteiger partial charge in [0.1, 0.15) is 0 Å². The first-order chi connectivity index (χ1) is 16.3. The lowest BCUT2D eigenvalue weighted by molar-refractivity contribution is -0.153. The highest BCUT2D eigenvalue weighted by molar-refractivity contribution is 6.04. The van der Waals surface area contributed by atoms with Crippen molar-refractivity contribution >= 4 is 23.7 Å². The molecule has 1 fully saturated rings. The van der Waals surface area contributed by atoms with Gasteiger partial charge in [-0.1, -0.05) is 18.2 Å². The molecule has 0 unspecified atom stereocenters. The fourth-order valence-electron chi connectivity index (χ4n) is 3.93. The molecule has 1 N–H and O–H groups in total. The van der Waals surface area contributed by atoms with Crippen LogP contribution in [0.1, 0.15) is 29.1 Å². The number of hydrogen-bond donors (Lipinski definition) is 1. The van der Waals surface area contributed by atoms with Gasteiger partial charge in [-0.3, -0.25) is 9.59 Å². The third kappa shape index (κ3) is 5.05. The van der Waals surface area contributed by atoms with Crippen molar-refractivity contribution in [2.24, 2.45) is 0 Å². The van der Waals surface area contributed by atoms with Gasteiger partial charge >= 0.3 is 6.18 Å². The Hall–Kier alpha value is -3.82. The van der Waals surface area contributed by atoms with E-state index in [-0.39, 0.29) is 11.9 Å². The summed E-state index contributed by atoms with van der Waals surface area (Å²) in [5.41, 5.74) is 0.770. The van der Waals surface area contributed by atoms with E-state index in [9.17, 15) is 22.8 Å². The average Bonchev–Trinajstić information content (AvgIpc) is 3.31. The number of halogens is 3. The lowest BCUT2D eigenvalue weighted by Gasteiger charge is -2.36. The maximum atomic E-state index is 13.5. The molecule has 4 rings (SSSR count). The van der Waals surface area contributed by atoms with Crippen LogP contribution in [0.4, 0.5) is 24.5 Å². The summed E-state index contributed by atoms with van der Waals surface area (Å²) in [6, 6.07) is 15.1. The first-order valence-corrected chi connectivity index (χ1v) is 10.7. The summed E-state index contributed by atoms with van der Waals surface area (Å²) in [7, 11) is 1.77. The monoisotopic (exact) mass is 472 g/mol. The maximum Gasteiger partial charge on any atom is 0.452 e. The van der Waals surface area contributed by atoms with Crippen molar-refractivity contribution in [1.29, 1.82) is 0 Å². The highest BCUT2D eigenvalue weighted by atomic mass is 19.4. The number of anilines is 2. The van der Waals surface area contributed by atoms with Crippen LogP contribution in [0.3, 0.4) is 0 Å². The number of aromatic nitrogens is 1. The van der Waals surface area contributed by atoms with Crippen molar-refractivity contribution in [2.45, 2.75) is 25.1 Å². The number of nitrogens with one attached hydrogen (secondary N) is 1. The average molecular weight is 472 g/mol. The Bertz CT molecular complexity index is 1140. The van der Waals surface area contributed by atoms with Gasteiger partial charge in [0, 0.05) is 43.1 Å². The zero-order valence-electron chi connectivity index (χ0n) is 18.4. The van der Waals surface area contributed by atoms with Crippen LogP contribution in [0.25, 0.3) is 11.5 Å². The Morgan fingerprint density at radius 3 is 2.35 bits per heavy atom. The largest absolute Gasteiger partial charge is 0.452 e. The van der Waals surface area contributed by atoms with Crippen LogP contribution in [0, 0.1) is 0 Å². The van der Waals surface area contributed by atoms with Crippen molar-refractivity contribution in [3.05, 3.63) is 66.1 Å². The van der Waals surface area contributed by atoms with Crippen LogP contribution in [-0.4, -0.2) is 48.4 Å². The van der Waals surface area contributed by atoms with Crippen molar-refractivity contribution in [2.75, 3.05) is 30.4 Å². The van der Waals surface area contributed by atoms with Crippen LogP contribution in [0.15, 0.2) is 59.0 Å². The Morgan fingerprint density at radius 1 is 1.12 bits per heavy atom. The summed E-state index contributed by atoms with van der Waals surface area (Å²) in [6.45, 7) is 1.54. The second-order valence-corrected chi connectivity index (χ2v) is 8.05. The number of piperidine rings is 1. The van der Waals surface area contributed by atoms with Crippen LogP contribution in [-0.2, 0) is 11.0 Å². The van der Waals surface area contributed by atoms with Gasteiger partial charge in [-0.25, -0.2) is 4.98 Å². The third-order valence-corrected chi connectivity index (χ3v) is 5.82. The van der Waals surface area contributed by atoms with Gasteiger partial charge < -0.3 is 19.5 Å². The Kier molecular flexibility index (Phi) is 6.58. The number of nitrogens with zero attached hydrogens (tertiary/aromatic N) is 3. The highest BCUT2D eigenvalue weighted by Gasteiger charge is 2.42. The molecule has 0 atom stereocenters.